The molecule has 0 spiro atoms. The molecule has 2 aromatic rings. The van der Waals surface area contributed by atoms with Crippen molar-refractivity contribution in [2.45, 2.75) is 26.9 Å². The number of aromatic hydroxyl groups is 3. The van der Waals surface area contributed by atoms with Crippen LogP contribution in [0.3, 0.4) is 0 Å². The molecular weight excluding hydrogens is 304 g/mol. The van der Waals surface area contributed by atoms with Crippen molar-refractivity contribution in [3.05, 3.63) is 64.2 Å². The van der Waals surface area contributed by atoms with E-state index in [1.807, 2.05) is 19.9 Å². The average Bonchev–Trinajstić information content (AvgIpc) is 2.54. The van der Waals surface area contributed by atoms with Crippen molar-refractivity contribution >= 4 is 12.2 Å². The van der Waals surface area contributed by atoms with Gasteiger partial charge in [-0.15, -0.1) is 0 Å². The molecule has 4 nitrogen and oxygen atoms in total. The molecule has 0 heterocycles. The van der Waals surface area contributed by atoms with Crippen LogP contribution in [0.4, 0.5) is 0 Å². The molecule has 0 bridgehead atoms. The first-order chi connectivity index (χ1) is 11.4. The highest BCUT2D eigenvalue weighted by atomic mass is 16.3. The molecule has 24 heavy (non-hydrogen) atoms. The van der Waals surface area contributed by atoms with Crippen LogP contribution in [0.15, 0.2) is 42.0 Å². The van der Waals surface area contributed by atoms with Crippen molar-refractivity contribution in [2.75, 3.05) is 0 Å². The highest BCUT2D eigenvalue weighted by Gasteiger charge is 2.08. The fraction of sp³-hybridized carbons (Fsp3) is 0.200. The average molecular weight is 326 g/mol. The Hall–Kier alpha value is -2.72. The maximum Gasteiger partial charge on any atom is 0.157 e. The zero-order valence-electron chi connectivity index (χ0n) is 13.8. The number of hydrogen-bond acceptors (Lipinski definition) is 4. The van der Waals surface area contributed by atoms with Gasteiger partial charge in [0.25, 0.3) is 0 Å². The molecule has 0 saturated carbocycles. The topological polar surface area (TPSA) is 80.9 Å². The molecule has 0 aliphatic carbocycles. The maximum absolute atomic E-state index is 9.87. The lowest BCUT2D eigenvalue weighted by molar-refractivity contribution is 0.280. The third kappa shape index (κ3) is 4.40. The third-order valence-electron chi connectivity index (χ3n) is 3.70. The molecule has 0 unspecified atom stereocenters. The zero-order chi connectivity index (χ0) is 17.7. The highest BCUT2D eigenvalue weighted by Crippen LogP contribution is 2.28. The number of allylic oxidation sites excluding steroid dienone is 2. The van der Waals surface area contributed by atoms with Crippen molar-refractivity contribution in [1.82, 2.24) is 0 Å². The van der Waals surface area contributed by atoms with Crippen LogP contribution < -0.4 is 0 Å². The molecular formula is C20H22O4. The Morgan fingerprint density at radius 1 is 0.958 bits per heavy atom. The van der Waals surface area contributed by atoms with E-state index in [1.165, 1.54) is 17.7 Å². The number of benzene rings is 2. The van der Waals surface area contributed by atoms with Gasteiger partial charge in [0, 0.05) is 0 Å². The molecule has 0 fully saturated rings. The Kier molecular flexibility index (Phi) is 5.66. The smallest absolute Gasteiger partial charge is 0.157 e. The number of phenols is 3. The first-order valence-corrected chi connectivity index (χ1v) is 7.69. The van der Waals surface area contributed by atoms with Gasteiger partial charge in [-0.05, 0) is 66.8 Å². The Balaban J connectivity index is 2.43. The summed E-state index contributed by atoms with van der Waals surface area (Å²) in [7, 11) is 0. The fourth-order valence-corrected chi connectivity index (χ4v) is 2.41. The standard InChI is InChI=1S/C20H22O4/c1-13(2)3-7-18-15(10-17(22)11-16(18)12-21)6-4-14-5-8-19(23)20(24)9-14/h3-6,8-11,21-24H,7,12H2,1-2H3. The largest absolute Gasteiger partial charge is 0.508 e. The molecule has 0 amide bonds. The number of rotatable bonds is 5. The summed E-state index contributed by atoms with van der Waals surface area (Å²) >= 11 is 0. The first kappa shape index (κ1) is 17.6. The Bertz CT molecular complexity index is 784. The number of hydrogen-bond donors (Lipinski definition) is 4. The van der Waals surface area contributed by atoms with E-state index in [9.17, 15) is 20.4 Å². The maximum atomic E-state index is 9.87. The summed E-state index contributed by atoms with van der Waals surface area (Å²) in [5.74, 6) is -0.265. The van der Waals surface area contributed by atoms with E-state index in [4.69, 9.17) is 0 Å². The van der Waals surface area contributed by atoms with Gasteiger partial charge in [-0.2, -0.15) is 0 Å². The van der Waals surface area contributed by atoms with Gasteiger partial charge in [-0.25, -0.2) is 0 Å². The van der Waals surface area contributed by atoms with Crippen LogP contribution >= 0.6 is 0 Å². The van der Waals surface area contributed by atoms with Crippen LogP contribution in [0.5, 0.6) is 17.2 Å². The van der Waals surface area contributed by atoms with Crippen molar-refractivity contribution in [1.29, 1.82) is 0 Å². The Morgan fingerprint density at radius 2 is 1.71 bits per heavy atom. The van der Waals surface area contributed by atoms with E-state index in [0.29, 0.717) is 17.5 Å². The van der Waals surface area contributed by atoms with Gasteiger partial charge in [0.1, 0.15) is 5.75 Å². The fourth-order valence-electron chi connectivity index (χ4n) is 2.41. The molecule has 4 N–H and O–H groups in total. The van der Waals surface area contributed by atoms with Crippen LogP contribution in [-0.2, 0) is 13.0 Å². The number of aliphatic hydroxyl groups excluding tert-OH is 1. The second-order valence-electron chi connectivity index (χ2n) is 5.90. The van der Waals surface area contributed by atoms with Gasteiger partial charge < -0.3 is 20.4 Å². The van der Waals surface area contributed by atoms with Crippen molar-refractivity contribution in [3.63, 3.8) is 0 Å². The van der Waals surface area contributed by atoms with Crippen LogP contribution in [0.1, 0.15) is 36.1 Å². The third-order valence-corrected chi connectivity index (χ3v) is 3.70. The number of phenolic OH excluding ortho intramolecular Hbond substituents is 3. The summed E-state index contributed by atoms with van der Waals surface area (Å²) in [5.41, 5.74) is 4.30. The molecule has 2 aromatic carbocycles. The molecule has 0 aliphatic heterocycles. The van der Waals surface area contributed by atoms with Crippen molar-refractivity contribution < 1.29 is 20.4 Å². The predicted octanol–water partition coefficient (Wildman–Crippen LogP) is 3.97. The molecule has 0 radical (unpaired) electrons. The van der Waals surface area contributed by atoms with E-state index in [1.54, 1.807) is 24.3 Å². The van der Waals surface area contributed by atoms with Crippen molar-refractivity contribution in [3.8, 4) is 17.2 Å². The van der Waals surface area contributed by atoms with Crippen LogP contribution in [0.2, 0.25) is 0 Å². The number of aliphatic hydroxyl groups is 1. The molecule has 0 atom stereocenters. The highest BCUT2D eigenvalue weighted by molar-refractivity contribution is 5.73. The lowest BCUT2D eigenvalue weighted by atomic mass is 9.96. The Morgan fingerprint density at radius 3 is 2.33 bits per heavy atom. The minimum absolute atomic E-state index is 0.0909. The molecule has 2 rings (SSSR count). The van der Waals surface area contributed by atoms with Gasteiger partial charge in [-0.1, -0.05) is 29.9 Å². The second kappa shape index (κ2) is 7.70. The van der Waals surface area contributed by atoms with Crippen LogP contribution in [0, 0.1) is 0 Å². The van der Waals surface area contributed by atoms with E-state index in [-0.39, 0.29) is 23.9 Å². The second-order valence-corrected chi connectivity index (χ2v) is 5.90. The molecule has 4 heteroatoms. The summed E-state index contributed by atoms with van der Waals surface area (Å²) < 4.78 is 0. The summed E-state index contributed by atoms with van der Waals surface area (Å²) in [6.07, 6.45) is 6.31. The normalized spacial score (nSPS) is 11.0. The predicted molar refractivity (Wildman–Crippen MR) is 95.9 cm³/mol. The van der Waals surface area contributed by atoms with Crippen LogP contribution in [-0.4, -0.2) is 20.4 Å². The van der Waals surface area contributed by atoms with Gasteiger partial charge >= 0.3 is 0 Å². The quantitative estimate of drug-likeness (QED) is 0.381. The van der Waals surface area contributed by atoms with E-state index >= 15 is 0 Å². The first-order valence-electron chi connectivity index (χ1n) is 7.69. The van der Waals surface area contributed by atoms with E-state index in [0.717, 1.165) is 11.1 Å². The Labute approximate surface area is 141 Å². The van der Waals surface area contributed by atoms with E-state index < -0.39 is 0 Å². The molecule has 0 aliphatic rings. The summed E-state index contributed by atoms with van der Waals surface area (Å²) in [5, 5.41) is 38.4. The molecule has 0 aromatic heterocycles. The zero-order valence-corrected chi connectivity index (χ0v) is 13.8. The van der Waals surface area contributed by atoms with Gasteiger partial charge in [0.15, 0.2) is 11.5 Å². The van der Waals surface area contributed by atoms with Crippen molar-refractivity contribution in [2.24, 2.45) is 0 Å². The van der Waals surface area contributed by atoms with Gasteiger partial charge in [-0.3, -0.25) is 0 Å². The lowest BCUT2D eigenvalue weighted by Crippen LogP contribution is -1.97. The lowest BCUT2D eigenvalue weighted by Gasteiger charge is -2.11. The molecule has 0 saturated heterocycles. The minimum atomic E-state index is -0.186. The van der Waals surface area contributed by atoms with Gasteiger partial charge in [0.05, 0.1) is 6.61 Å². The molecule has 126 valence electrons. The summed E-state index contributed by atoms with van der Waals surface area (Å²) in [6.45, 7) is 3.86. The van der Waals surface area contributed by atoms with Crippen LogP contribution in [0.25, 0.3) is 12.2 Å². The van der Waals surface area contributed by atoms with Gasteiger partial charge in [0.2, 0.25) is 0 Å². The summed E-state index contributed by atoms with van der Waals surface area (Å²) in [4.78, 5) is 0. The summed E-state index contributed by atoms with van der Waals surface area (Å²) in [6, 6.07) is 7.76. The van der Waals surface area contributed by atoms with E-state index in [2.05, 4.69) is 6.08 Å². The SMILES string of the molecule is CC(C)=CCc1c(C=Cc2ccc(O)c(O)c2)cc(O)cc1CO. The monoisotopic (exact) mass is 326 g/mol. The minimum Gasteiger partial charge on any atom is -0.508 e.